The highest BCUT2D eigenvalue weighted by atomic mass is 32.1. The number of rotatable bonds is 5. The van der Waals surface area contributed by atoms with Crippen molar-refractivity contribution in [3.05, 3.63) is 76.6 Å². The van der Waals surface area contributed by atoms with Crippen LogP contribution in [-0.2, 0) is 6.42 Å². The molecule has 1 aromatic carbocycles. The lowest BCUT2D eigenvalue weighted by molar-refractivity contribution is 0.0953. The molecule has 2 N–H and O–H groups in total. The van der Waals surface area contributed by atoms with E-state index in [1.165, 1.54) is 28.7 Å². The van der Waals surface area contributed by atoms with Gasteiger partial charge in [-0.05, 0) is 54.7 Å². The molecule has 1 unspecified atom stereocenters. The summed E-state index contributed by atoms with van der Waals surface area (Å²) in [6.07, 6.45) is 4.81. The molecule has 1 atom stereocenters. The number of fused-ring (bicyclic) bond motifs is 1. The van der Waals surface area contributed by atoms with Gasteiger partial charge in [-0.2, -0.15) is 0 Å². The number of furan rings is 1. The number of benzene rings is 1. The van der Waals surface area contributed by atoms with Gasteiger partial charge < -0.3 is 15.1 Å². The van der Waals surface area contributed by atoms with Crippen LogP contribution in [0.1, 0.15) is 50.1 Å². The van der Waals surface area contributed by atoms with Gasteiger partial charge in [-0.15, -0.1) is 11.3 Å². The standard InChI is InChI=1S/C21H20N2O3S/c24-20(17-9-4-12-26-17)23-19-11-10-18(27-19)21(25)22-13-15-7-3-6-14-5-1-2-8-16(14)15/h1-2,4-5,8-12,15H,3,6-7,13H2,(H,22,25)(H,23,24). The lowest BCUT2D eigenvalue weighted by Gasteiger charge is -2.25. The van der Waals surface area contributed by atoms with Gasteiger partial charge in [0, 0.05) is 12.5 Å². The van der Waals surface area contributed by atoms with E-state index in [0.717, 1.165) is 19.3 Å². The maximum atomic E-state index is 12.5. The molecule has 2 aromatic heterocycles. The van der Waals surface area contributed by atoms with Crippen LogP contribution in [0.15, 0.2) is 59.2 Å². The number of anilines is 1. The first-order chi connectivity index (χ1) is 13.2. The Kier molecular flexibility index (Phi) is 5.07. The van der Waals surface area contributed by atoms with Crippen LogP contribution in [0.5, 0.6) is 0 Å². The normalized spacial score (nSPS) is 15.8. The van der Waals surface area contributed by atoms with Gasteiger partial charge in [0.1, 0.15) is 0 Å². The average molecular weight is 380 g/mol. The molecule has 0 spiro atoms. The third-order valence-electron chi connectivity index (χ3n) is 4.81. The molecule has 3 aromatic rings. The van der Waals surface area contributed by atoms with Crippen molar-refractivity contribution in [2.45, 2.75) is 25.2 Å². The summed E-state index contributed by atoms with van der Waals surface area (Å²) in [6, 6.07) is 15.2. The Morgan fingerprint density at radius 3 is 2.81 bits per heavy atom. The highest BCUT2D eigenvalue weighted by molar-refractivity contribution is 7.18. The van der Waals surface area contributed by atoms with Crippen LogP contribution >= 0.6 is 11.3 Å². The molecule has 0 fully saturated rings. The monoisotopic (exact) mass is 380 g/mol. The van der Waals surface area contributed by atoms with E-state index < -0.39 is 0 Å². The lowest BCUT2D eigenvalue weighted by Crippen LogP contribution is -2.29. The quantitative estimate of drug-likeness (QED) is 0.687. The SMILES string of the molecule is O=C(Nc1ccc(C(=O)NCC2CCCc3ccccc32)s1)c1ccco1. The van der Waals surface area contributed by atoms with Crippen molar-refractivity contribution in [1.82, 2.24) is 5.32 Å². The fourth-order valence-corrected chi connectivity index (χ4v) is 4.30. The number of amides is 2. The van der Waals surface area contributed by atoms with Crippen molar-refractivity contribution in [2.24, 2.45) is 0 Å². The molecule has 2 heterocycles. The summed E-state index contributed by atoms with van der Waals surface area (Å²) in [5, 5.41) is 6.40. The van der Waals surface area contributed by atoms with Gasteiger partial charge in [0.2, 0.25) is 0 Å². The summed E-state index contributed by atoms with van der Waals surface area (Å²) >= 11 is 1.25. The number of carbonyl (C=O) groups is 2. The van der Waals surface area contributed by atoms with E-state index >= 15 is 0 Å². The first-order valence-electron chi connectivity index (χ1n) is 9.01. The van der Waals surface area contributed by atoms with Crippen molar-refractivity contribution in [1.29, 1.82) is 0 Å². The van der Waals surface area contributed by atoms with E-state index in [-0.39, 0.29) is 17.6 Å². The summed E-state index contributed by atoms with van der Waals surface area (Å²) in [5.41, 5.74) is 2.74. The molecule has 0 saturated carbocycles. The zero-order valence-corrected chi connectivity index (χ0v) is 15.6. The van der Waals surface area contributed by atoms with Crippen LogP contribution in [0.25, 0.3) is 0 Å². The molecule has 5 nitrogen and oxygen atoms in total. The third-order valence-corrected chi connectivity index (χ3v) is 5.81. The highest BCUT2D eigenvalue weighted by Gasteiger charge is 2.21. The first-order valence-corrected chi connectivity index (χ1v) is 9.83. The number of thiophene rings is 1. The average Bonchev–Trinajstić information content (AvgIpc) is 3.38. The maximum Gasteiger partial charge on any atom is 0.291 e. The molecular formula is C21H20N2O3S. The van der Waals surface area contributed by atoms with Crippen LogP contribution in [0.2, 0.25) is 0 Å². The van der Waals surface area contributed by atoms with Gasteiger partial charge in [-0.25, -0.2) is 0 Å². The summed E-state index contributed by atoms with van der Waals surface area (Å²) in [6.45, 7) is 0.627. The third kappa shape index (κ3) is 3.95. The highest BCUT2D eigenvalue weighted by Crippen LogP contribution is 2.31. The Hall–Kier alpha value is -2.86. The summed E-state index contributed by atoms with van der Waals surface area (Å²) in [5.74, 6) is 0.163. The predicted molar refractivity (Wildman–Crippen MR) is 105 cm³/mol. The summed E-state index contributed by atoms with van der Waals surface area (Å²) < 4.78 is 5.07. The zero-order valence-electron chi connectivity index (χ0n) is 14.7. The molecule has 0 radical (unpaired) electrons. The van der Waals surface area contributed by atoms with E-state index in [1.54, 1.807) is 24.3 Å². The Morgan fingerprint density at radius 1 is 1.07 bits per heavy atom. The number of aryl methyl sites for hydroxylation is 1. The molecule has 0 bridgehead atoms. The smallest absolute Gasteiger partial charge is 0.291 e. The zero-order chi connectivity index (χ0) is 18.6. The first kappa shape index (κ1) is 17.5. The minimum absolute atomic E-state index is 0.110. The largest absolute Gasteiger partial charge is 0.459 e. The Balaban J connectivity index is 1.36. The van der Waals surface area contributed by atoms with Crippen LogP contribution in [0, 0.1) is 0 Å². The Bertz CT molecular complexity index is 946. The van der Waals surface area contributed by atoms with E-state index in [4.69, 9.17) is 4.42 Å². The van der Waals surface area contributed by atoms with Crippen molar-refractivity contribution >= 4 is 28.2 Å². The molecule has 2 amide bonds. The minimum atomic E-state index is -0.326. The predicted octanol–water partition coefficient (Wildman–Crippen LogP) is 4.44. The second-order valence-corrected chi connectivity index (χ2v) is 7.68. The van der Waals surface area contributed by atoms with Gasteiger partial charge in [-0.3, -0.25) is 9.59 Å². The van der Waals surface area contributed by atoms with Crippen LogP contribution in [0.3, 0.4) is 0 Å². The van der Waals surface area contributed by atoms with Gasteiger partial charge in [0.15, 0.2) is 5.76 Å². The molecule has 0 saturated heterocycles. The molecule has 1 aliphatic carbocycles. The minimum Gasteiger partial charge on any atom is -0.459 e. The summed E-state index contributed by atoms with van der Waals surface area (Å²) in [7, 11) is 0. The molecule has 1 aliphatic rings. The van der Waals surface area contributed by atoms with E-state index in [2.05, 4.69) is 34.9 Å². The Labute approximate surface area is 161 Å². The van der Waals surface area contributed by atoms with Gasteiger partial charge in [0.05, 0.1) is 16.1 Å². The second-order valence-electron chi connectivity index (χ2n) is 6.59. The molecule has 27 heavy (non-hydrogen) atoms. The van der Waals surface area contributed by atoms with Gasteiger partial charge in [0.25, 0.3) is 11.8 Å². The molecule has 4 rings (SSSR count). The van der Waals surface area contributed by atoms with Crippen LogP contribution in [0.4, 0.5) is 5.00 Å². The van der Waals surface area contributed by atoms with Crippen molar-refractivity contribution in [3.8, 4) is 0 Å². The van der Waals surface area contributed by atoms with Gasteiger partial charge in [-0.1, -0.05) is 24.3 Å². The number of carbonyl (C=O) groups excluding carboxylic acids is 2. The maximum absolute atomic E-state index is 12.5. The molecular weight excluding hydrogens is 360 g/mol. The number of hydrogen-bond donors (Lipinski definition) is 2. The van der Waals surface area contributed by atoms with Gasteiger partial charge >= 0.3 is 0 Å². The lowest BCUT2D eigenvalue weighted by atomic mass is 9.83. The fraction of sp³-hybridized carbons (Fsp3) is 0.238. The molecule has 6 heteroatoms. The Morgan fingerprint density at radius 2 is 1.96 bits per heavy atom. The molecule has 0 aliphatic heterocycles. The van der Waals surface area contributed by atoms with Crippen molar-refractivity contribution < 1.29 is 14.0 Å². The van der Waals surface area contributed by atoms with Crippen molar-refractivity contribution in [2.75, 3.05) is 11.9 Å². The second kappa shape index (κ2) is 7.80. The van der Waals surface area contributed by atoms with Crippen molar-refractivity contribution in [3.63, 3.8) is 0 Å². The number of hydrogen-bond acceptors (Lipinski definition) is 4. The van der Waals surface area contributed by atoms with E-state index in [9.17, 15) is 9.59 Å². The number of nitrogens with one attached hydrogen (secondary N) is 2. The molecule has 138 valence electrons. The van der Waals surface area contributed by atoms with Crippen LogP contribution < -0.4 is 10.6 Å². The topological polar surface area (TPSA) is 71.3 Å². The van der Waals surface area contributed by atoms with E-state index in [1.807, 2.05) is 0 Å². The summed E-state index contributed by atoms with van der Waals surface area (Å²) in [4.78, 5) is 25.1. The van der Waals surface area contributed by atoms with E-state index in [0.29, 0.717) is 22.3 Å². The van der Waals surface area contributed by atoms with Crippen LogP contribution in [-0.4, -0.2) is 18.4 Å². The fourth-order valence-electron chi connectivity index (χ4n) is 3.48.